The molecule has 1 aliphatic carbocycles. The Morgan fingerprint density at radius 1 is 0.929 bits per heavy atom. The Labute approximate surface area is 254 Å². The van der Waals surface area contributed by atoms with Gasteiger partial charge in [0, 0.05) is 24.0 Å². The molecule has 0 aliphatic heterocycles. The van der Waals surface area contributed by atoms with Gasteiger partial charge in [0.15, 0.2) is 0 Å². The summed E-state index contributed by atoms with van der Waals surface area (Å²) in [5.74, 6) is -0.735. The number of carbonyl (C=O) groups is 2. The van der Waals surface area contributed by atoms with Crippen molar-refractivity contribution in [1.29, 1.82) is 0 Å². The summed E-state index contributed by atoms with van der Waals surface area (Å²) in [6.07, 6.45) is 6.42. The molecule has 0 heterocycles. The van der Waals surface area contributed by atoms with Gasteiger partial charge >= 0.3 is 0 Å². The number of hydrogen-bond acceptors (Lipinski definition) is 4. The Morgan fingerprint density at radius 2 is 1.60 bits per heavy atom. The van der Waals surface area contributed by atoms with Gasteiger partial charge in [0.2, 0.25) is 21.8 Å². The van der Waals surface area contributed by atoms with Crippen molar-refractivity contribution >= 4 is 39.1 Å². The number of halogens is 1. The molecule has 0 aromatic heterocycles. The normalized spacial score (nSPS) is 14.7. The minimum Gasteiger partial charge on any atom is -0.352 e. The van der Waals surface area contributed by atoms with Crippen LogP contribution in [0, 0.1) is 13.8 Å². The maximum Gasteiger partial charge on any atom is 0.244 e. The lowest BCUT2D eigenvalue weighted by atomic mass is 9.94. The highest BCUT2D eigenvalue weighted by molar-refractivity contribution is 7.92. The van der Waals surface area contributed by atoms with E-state index in [2.05, 4.69) is 5.32 Å². The van der Waals surface area contributed by atoms with Gasteiger partial charge in [-0.3, -0.25) is 13.9 Å². The van der Waals surface area contributed by atoms with E-state index in [1.54, 1.807) is 24.3 Å². The van der Waals surface area contributed by atoms with Gasteiger partial charge in [0.25, 0.3) is 0 Å². The van der Waals surface area contributed by atoms with Crippen LogP contribution in [-0.2, 0) is 32.6 Å². The molecule has 9 heteroatoms. The largest absolute Gasteiger partial charge is 0.352 e. The highest BCUT2D eigenvalue weighted by atomic mass is 35.5. The minimum atomic E-state index is -3.83. The third-order valence-electron chi connectivity index (χ3n) is 7.98. The van der Waals surface area contributed by atoms with Crippen LogP contribution in [-0.4, -0.2) is 50.0 Å². The van der Waals surface area contributed by atoms with E-state index >= 15 is 0 Å². The van der Waals surface area contributed by atoms with Gasteiger partial charge in [-0.05, 0) is 67.1 Å². The Hall–Kier alpha value is -3.36. The van der Waals surface area contributed by atoms with E-state index in [0.717, 1.165) is 59.4 Å². The van der Waals surface area contributed by atoms with Crippen molar-refractivity contribution in [3.63, 3.8) is 0 Å². The molecule has 1 saturated carbocycles. The monoisotopic (exact) mass is 609 g/mol. The van der Waals surface area contributed by atoms with Crippen molar-refractivity contribution in [2.75, 3.05) is 17.1 Å². The molecule has 1 aliphatic rings. The topological polar surface area (TPSA) is 86.8 Å². The second-order valence-corrected chi connectivity index (χ2v) is 13.5. The molecule has 224 valence electrons. The summed E-state index contributed by atoms with van der Waals surface area (Å²) in [4.78, 5) is 29.8. The van der Waals surface area contributed by atoms with Crippen molar-refractivity contribution < 1.29 is 18.0 Å². The van der Waals surface area contributed by atoms with Gasteiger partial charge in [-0.25, -0.2) is 8.42 Å². The van der Waals surface area contributed by atoms with E-state index < -0.39 is 28.5 Å². The van der Waals surface area contributed by atoms with Gasteiger partial charge in [-0.2, -0.15) is 0 Å². The third kappa shape index (κ3) is 8.35. The second-order valence-electron chi connectivity index (χ2n) is 11.2. The zero-order valence-electron chi connectivity index (χ0n) is 24.6. The number of aryl methyl sites for hydroxylation is 2. The van der Waals surface area contributed by atoms with Gasteiger partial charge in [0.05, 0.1) is 11.9 Å². The van der Waals surface area contributed by atoms with Crippen molar-refractivity contribution in [1.82, 2.24) is 10.2 Å². The van der Waals surface area contributed by atoms with E-state index in [-0.39, 0.29) is 24.9 Å². The molecule has 0 spiro atoms. The average molecular weight is 610 g/mol. The predicted octanol–water partition coefficient (Wildman–Crippen LogP) is 5.81. The predicted molar refractivity (Wildman–Crippen MR) is 169 cm³/mol. The quantitative estimate of drug-likeness (QED) is 0.297. The van der Waals surface area contributed by atoms with E-state index in [9.17, 15) is 18.0 Å². The maximum atomic E-state index is 14.3. The molecular weight excluding hydrogens is 570 g/mol. The first-order valence-electron chi connectivity index (χ1n) is 14.4. The van der Waals surface area contributed by atoms with Crippen LogP contribution in [0.4, 0.5) is 5.69 Å². The molecule has 7 nitrogen and oxygen atoms in total. The number of nitrogens with one attached hydrogen (secondary N) is 1. The summed E-state index contributed by atoms with van der Waals surface area (Å²) in [5.41, 5.74) is 3.90. The van der Waals surface area contributed by atoms with E-state index in [4.69, 9.17) is 11.6 Å². The summed E-state index contributed by atoms with van der Waals surface area (Å²) in [7, 11) is -3.83. The lowest BCUT2D eigenvalue weighted by Gasteiger charge is -2.35. The average Bonchev–Trinajstić information content (AvgIpc) is 2.96. The van der Waals surface area contributed by atoms with Gasteiger partial charge in [0.1, 0.15) is 12.6 Å². The zero-order chi connectivity index (χ0) is 30.3. The van der Waals surface area contributed by atoms with Crippen molar-refractivity contribution in [2.45, 2.75) is 71.0 Å². The molecule has 3 aromatic rings. The number of rotatable bonds is 11. The Bertz CT molecular complexity index is 1490. The number of amides is 2. The van der Waals surface area contributed by atoms with Gasteiger partial charge in [-0.15, -0.1) is 0 Å². The molecule has 0 bridgehead atoms. The molecule has 0 unspecified atom stereocenters. The smallest absolute Gasteiger partial charge is 0.244 e. The first-order valence-corrected chi connectivity index (χ1v) is 16.7. The number of carbonyl (C=O) groups excluding carboxylic acids is 2. The van der Waals surface area contributed by atoms with E-state index in [1.807, 2.05) is 62.4 Å². The fraction of sp³-hybridized carbons (Fsp3) is 0.394. The molecule has 0 radical (unpaired) electrons. The lowest BCUT2D eigenvalue weighted by Crippen LogP contribution is -2.55. The van der Waals surface area contributed by atoms with Crippen LogP contribution in [0.2, 0.25) is 5.02 Å². The number of nitrogens with zero attached hydrogens (tertiary/aromatic N) is 2. The standard InChI is InChI=1S/C33H40ClN3O4S/c1-24-18-19-29(20-25(24)2)37(42(3,40)41)23-32(38)36(22-27-14-10-11-17-30(27)34)31(21-26-12-6-4-7-13-26)33(39)35-28-15-8-5-9-16-28/h4,6-7,10-14,17-20,28,31H,5,8-9,15-16,21-23H2,1-3H3,(H,35,39)/t31-/m1/s1. The number of anilines is 1. The molecule has 1 fully saturated rings. The molecule has 42 heavy (non-hydrogen) atoms. The SMILES string of the molecule is Cc1ccc(N(CC(=O)N(Cc2ccccc2Cl)[C@H](Cc2ccccc2)C(=O)NC2CCCCC2)S(C)(=O)=O)cc1C. The number of sulfonamides is 1. The highest BCUT2D eigenvalue weighted by Crippen LogP contribution is 2.25. The first-order chi connectivity index (χ1) is 20.0. The van der Waals surface area contributed by atoms with E-state index in [0.29, 0.717) is 16.3 Å². The third-order valence-corrected chi connectivity index (χ3v) is 9.49. The van der Waals surface area contributed by atoms with Crippen LogP contribution in [0.1, 0.15) is 54.4 Å². The van der Waals surface area contributed by atoms with Crippen LogP contribution < -0.4 is 9.62 Å². The van der Waals surface area contributed by atoms with Crippen molar-refractivity contribution in [2.24, 2.45) is 0 Å². The molecule has 1 atom stereocenters. The molecule has 0 saturated heterocycles. The second kappa shape index (κ2) is 14.2. The summed E-state index contributed by atoms with van der Waals surface area (Å²) < 4.78 is 27.1. The maximum absolute atomic E-state index is 14.3. The lowest BCUT2D eigenvalue weighted by molar-refractivity contribution is -0.140. The summed E-state index contributed by atoms with van der Waals surface area (Å²) >= 11 is 6.53. The van der Waals surface area contributed by atoms with Crippen molar-refractivity contribution in [3.05, 3.63) is 100 Å². The first kappa shape index (κ1) is 31.6. The highest BCUT2D eigenvalue weighted by Gasteiger charge is 2.34. The van der Waals surface area contributed by atoms with Gasteiger partial charge in [-0.1, -0.05) is 85.5 Å². The fourth-order valence-electron chi connectivity index (χ4n) is 5.40. The van der Waals surface area contributed by atoms with E-state index in [1.165, 1.54) is 4.90 Å². The summed E-state index contributed by atoms with van der Waals surface area (Å²) in [6, 6.07) is 21.2. The summed E-state index contributed by atoms with van der Waals surface area (Å²) in [6.45, 7) is 3.45. The molecule has 1 N–H and O–H groups in total. The summed E-state index contributed by atoms with van der Waals surface area (Å²) in [5, 5.41) is 3.67. The molecule has 2 amide bonds. The Kier molecular flexibility index (Phi) is 10.7. The number of benzene rings is 3. The molecule has 3 aromatic carbocycles. The molecule has 4 rings (SSSR count). The van der Waals surface area contributed by atoms with Crippen molar-refractivity contribution in [3.8, 4) is 0 Å². The van der Waals surface area contributed by atoms with Crippen LogP contribution in [0.5, 0.6) is 0 Å². The minimum absolute atomic E-state index is 0.0461. The van der Waals surface area contributed by atoms with Crippen LogP contribution in [0.25, 0.3) is 0 Å². The zero-order valence-corrected chi connectivity index (χ0v) is 26.1. The van der Waals surface area contributed by atoms with Crippen LogP contribution >= 0.6 is 11.6 Å². The Balaban J connectivity index is 1.74. The van der Waals surface area contributed by atoms with Crippen LogP contribution in [0.15, 0.2) is 72.8 Å². The fourth-order valence-corrected chi connectivity index (χ4v) is 6.44. The van der Waals surface area contributed by atoms with Gasteiger partial charge < -0.3 is 10.2 Å². The number of hydrogen-bond donors (Lipinski definition) is 1. The Morgan fingerprint density at radius 3 is 2.24 bits per heavy atom. The van der Waals surface area contributed by atoms with Crippen LogP contribution in [0.3, 0.4) is 0 Å². The molecular formula is C33H40ClN3O4S.